The summed E-state index contributed by atoms with van der Waals surface area (Å²) in [5, 5.41) is 0. The van der Waals surface area contributed by atoms with E-state index in [4.69, 9.17) is 0 Å². The Morgan fingerprint density at radius 3 is 1.68 bits per heavy atom. The lowest BCUT2D eigenvalue weighted by Crippen LogP contribution is -2.25. The fraction of sp³-hybridized carbons (Fsp3) is 0.667. The number of halogens is 4. The Morgan fingerprint density at radius 1 is 0.727 bits per heavy atom. The Bertz CT molecular complexity index is 492. The van der Waals surface area contributed by atoms with Crippen molar-refractivity contribution in [2.24, 2.45) is 11.8 Å². The molecular formula is C18H22BrF3. The molecule has 0 heterocycles. The van der Waals surface area contributed by atoms with Crippen molar-refractivity contribution in [2.75, 3.05) is 0 Å². The van der Waals surface area contributed by atoms with E-state index >= 15 is 0 Å². The molecule has 2 aliphatic rings. The van der Waals surface area contributed by atoms with E-state index in [1.165, 1.54) is 37.8 Å². The van der Waals surface area contributed by atoms with E-state index in [0.29, 0.717) is 10.4 Å². The lowest BCUT2D eigenvalue weighted by Gasteiger charge is -2.37. The van der Waals surface area contributed by atoms with Crippen LogP contribution in [0, 0.1) is 29.3 Å². The van der Waals surface area contributed by atoms with Crippen LogP contribution in [0.3, 0.4) is 0 Å². The Morgan fingerprint density at radius 2 is 1.18 bits per heavy atom. The average Bonchev–Trinajstić information content (AvgIpc) is 2.53. The van der Waals surface area contributed by atoms with Crippen LogP contribution in [0.1, 0.15) is 62.8 Å². The topological polar surface area (TPSA) is 0 Å². The molecule has 0 aromatic heterocycles. The third kappa shape index (κ3) is 3.52. The van der Waals surface area contributed by atoms with Gasteiger partial charge in [0.15, 0.2) is 17.5 Å². The number of rotatable bonds is 2. The molecule has 0 bridgehead atoms. The van der Waals surface area contributed by atoms with Gasteiger partial charge in [-0.15, -0.1) is 0 Å². The molecule has 0 aliphatic heterocycles. The van der Waals surface area contributed by atoms with Crippen LogP contribution >= 0.6 is 15.9 Å². The minimum absolute atomic E-state index is 0.174. The van der Waals surface area contributed by atoms with Gasteiger partial charge in [-0.2, -0.15) is 0 Å². The molecule has 0 radical (unpaired) electrons. The van der Waals surface area contributed by atoms with E-state index in [-0.39, 0.29) is 5.92 Å². The van der Waals surface area contributed by atoms with Crippen molar-refractivity contribution in [1.82, 2.24) is 0 Å². The average molecular weight is 375 g/mol. The lowest BCUT2D eigenvalue weighted by molar-refractivity contribution is 0.188. The molecule has 0 amide bonds. The van der Waals surface area contributed by atoms with Crippen molar-refractivity contribution in [2.45, 2.75) is 62.1 Å². The van der Waals surface area contributed by atoms with Gasteiger partial charge >= 0.3 is 0 Å². The highest BCUT2D eigenvalue weighted by Crippen LogP contribution is 2.44. The van der Waals surface area contributed by atoms with Crippen LogP contribution in [0.2, 0.25) is 0 Å². The second-order valence-electron chi connectivity index (χ2n) is 6.92. The third-order valence-corrected chi connectivity index (χ3v) is 6.53. The Hall–Kier alpha value is -0.510. The second-order valence-corrected chi connectivity index (χ2v) is 8.22. The summed E-state index contributed by atoms with van der Waals surface area (Å²) in [7, 11) is 0. The summed E-state index contributed by atoms with van der Waals surface area (Å²) in [6, 6.07) is 2.36. The van der Waals surface area contributed by atoms with Crippen molar-refractivity contribution >= 4 is 15.9 Å². The van der Waals surface area contributed by atoms with Gasteiger partial charge in [0.25, 0.3) is 0 Å². The third-order valence-electron chi connectivity index (χ3n) is 5.62. The Kier molecular flexibility index (Phi) is 5.16. The van der Waals surface area contributed by atoms with E-state index in [1.807, 2.05) is 0 Å². The van der Waals surface area contributed by atoms with E-state index < -0.39 is 17.5 Å². The molecule has 0 nitrogen and oxygen atoms in total. The van der Waals surface area contributed by atoms with Gasteiger partial charge in [-0.1, -0.05) is 15.9 Å². The minimum Gasteiger partial charge on any atom is -0.204 e. The monoisotopic (exact) mass is 374 g/mol. The maximum absolute atomic E-state index is 13.4. The zero-order valence-corrected chi connectivity index (χ0v) is 14.2. The maximum Gasteiger partial charge on any atom is 0.194 e. The quantitative estimate of drug-likeness (QED) is 0.418. The van der Waals surface area contributed by atoms with Gasteiger partial charge in [-0.25, -0.2) is 13.2 Å². The molecule has 0 N–H and O–H groups in total. The van der Waals surface area contributed by atoms with Gasteiger partial charge < -0.3 is 0 Å². The van der Waals surface area contributed by atoms with Crippen molar-refractivity contribution in [3.05, 3.63) is 35.1 Å². The van der Waals surface area contributed by atoms with Crippen molar-refractivity contribution < 1.29 is 13.2 Å². The van der Waals surface area contributed by atoms with Crippen LogP contribution in [-0.2, 0) is 0 Å². The van der Waals surface area contributed by atoms with Crippen LogP contribution in [0.25, 0.3) is 0 Å². The van der Waals surface area contributed by atoms with E-state index in [1.54, 1.807) is 0 Å². The predicted molar refractivity (Wildman–Crippen MR) is 85.7 cm³/mol. The Balaban J connectivity index is 1.60. The molecule has 0 spiro atoms. The minimum atomic E-state index is -1.36. The van der Waals surface area contributed by atoms with Gasteiger partial charge in [-0.05, 0) is 86.8 Å². The second kappa shape index (κ2) is 6.94. The van der Waals surface area contributed by atoms with Crippen LogP contribution in [0.5, 0.6) is 0 Å². The lowest BCUT2D eigenvalue weighted by atomic mass is 9.70. The standard InChI is InChI=1S/C18H22BrF3/c19-15-7-5-12(6-8-15)11-1-3-13(4-2-11)14-9-16(20)18(22)17(21)10-14/h9-13,15H,1-8H2/t11-,12?,13-,15?. The molecule has 0 atom stereocenters. The molecule has 1 aromatic carbocycles. The largest absolute Gasteiger partial charge is 0.204 e. The summed E-state index contributed by atoms with van der Waals surface area (Å²) in [5.41, 5.74) is 0.624. The fourth-order valence-electron chi connectivity index (χ4n) is 4.28. The van der Waals surface area contributed by atoms with Crippen LogP contribution in [-0.4, -0.2) is 4.83 Å². The summed E-state index contributed by atoms with van der Waals surface area (Å²) < 4.78 is 39.8. The van der Waals surface area contributed by atoms with Crippen LogP contribution in [0.4, 0.5) is 13.2 Å². The smallest absolute Gasteiger partial charge is 0.194 e. The van der Waals surface area contributed by atoms with Crippen molar-refractivity contribution in [3.8, 4) is 0 Å². The molecule has 2 saturated carbocycles. The molecule has 22 heavy (non-hydrogen) atoms. The zero-order valence-electron chi connectivity index (χ0n) is 12.6. The number of benzene rings is 1. The first-order valence-corrected chi connectivity index (χ1v) is 9.24. The molecule has 2 fully saturated rings. The first-order valence-electron chi connectivity index (χ1n) is 8.33. The zero-order chi connectivity index (χ0) is 15.7. The summed E-state index contributed by atoms with van der Waals surface area (Å²) in [6.45, 7) is 0. The van der Waals surface area contributed by atoms with Gasteiger partial charge in [-0.3, -0.25) is 0 Å². The molecule has 0 saturated heterocycles. The highest BCUT2D eigenvalue weighted by Gasteiger charge is 2.31. The van der Waals surface area contributed by atoms with E-state index in [0.717, 1.165) is 37.5 Å². The number of hydrogen-bond donors (Lipinski definition) is 0. The van der Waals surface area contributed by atoms with Crippen LogP contribution in [0.15, 0.2) is 12.1 Å². The van der Waals surface area contributed by atoms with Gasteiger partial charge in [0.2, 0.25) is 0 Å². The van der Waals surface area contributed by atoms with E-state index in [9.17, 15) is 13.2 Å². The first-order chi connectivity index (χ1) is 10.5. The SMILES string of the molecule is Fc1cc([C@H]2CC[C@H](C3CCC(Br)CC3)CC2)cc(F)c1F. The van der Waals surface area contributed by atoms with Gasteiger partial charge in [0, 0.05) is 4.83 Å². The highest BCUT2D eigenvalue weighted by atomic mass is 79.9. The number of alkyl halides is 1. The molecular weight excluding hydrogens is 353 g/mol. The normalized spacial score (nSPS) is 32.9. The molecule has 122 valence electrons. The fourth-order valence-corrected chi connectivity index (χ4v) is 4.81. The Labute approximate surface area is 138 Å². The predicted octanol–water partition coefficient (Wildman–Crippen LogP) is 6.33. The molecule has 3 rings (SSSR count). The molecule has 4 heteroatoms. The summed E-state index contributed by atoms with van der Waals surface area (Å²) >= 11 is 3.70. The highest BCUT2D eigenvalue weighted by molar-refractivity contribution is 9.09. The summed E-state index contributed by atoms with van der Waals surface area (Å²) in [6.07, 6.45) is 9.30. The van der Waals surface area contributed by atoms with Crippen LogP contribution < -0.4 is 0 Å². The molecule has 2 aliphatic carbocycles. The molecule has 0 unspecified atom stereocenters. The van der Waals surface area contributed by atoms with E-state index in [2.05, 4.69) is 15.9 Å². The molecule has 1 aromatic rings. The summed E-state index contributed by atoms with van der Waals surface area (Å²) in [4.78, 5) is 0.685. The summed E-state index contributed by atoms with van der Waals surface area (Å²) in [5.74, 6) is -1.74. The first kappa shape index (κ1) is 16.4. The van der Waals surface area contributed by atoms with Gasteiger partial charge in [0.1, 0.15) is 0 Å². The number of hydrogen-bond acceptors (Lipinski definition) is 0. The van der Waals surface area contributed by atoms with Crippen molar-refractivity contribution in [1.29, 1.82) is 0 Å². The van der Waals surface area contributed by atoms with Gasteiger partial charge in [0.05, 0.1) is 0 Å². The van der Waals surface area contributed by atoms with Crippen molar-refractivity contribution in [3.63, 3.8) is 0 Å². The maximum atomic E-state index is 13.4.